The third kappa shape index (κ3) is 2.10. The summed E-state index contributed by atoms with van der Waals surface area (Å²) in [6.45, 7) is 0. The van der Waals surface area contributed by atoms with E-state index in [-0.39, 0.29) is 10.7 Å². The lowest BCUT2D eigenvalue weighted by atomic mass is 10.1. The highest BCUT2D eigenvalue weighted by molar-refractivity contribution is 6.32. The zero-order valence-corrected chi connectivity index (χ0v) is 7.85. The molecule has 1 aromatic rings. The van der Waals surface area contributed by atoms with Crippen LogP contribution >= 0.6 is 11.6 Å². The quantitative estimate of drug-likeness (QED) is 0.590. The average Bonchev–Trinajstić information content (AvgIpc) is 2.16. The van der Waals surface area contributed by atoms with Gasteiger partial charge in [-0.05, 0) is 6.07 Å². The molecule has 1 aromatic heterocycles. The summed E-state index contributed by atoms with van der Waals surface area (Å²) in [6.07, 6.45) is 0.299. The summed E-state index contributed by atoms with van der Waals surface area (Å²) in [5, 5.41) is 17.0. The molecule has 78 valence electrons. The van der Waals surface area contributed by atoms with E-state index < -0.39 is 23.2 Å². The number of carboxylic acid groups (broad SMARTS) is 2. The van der Waals surface area contributed by atoms with E-state index >= 15 is 0 Å². The zero-order valence-electron chi connectivity index (χ0n) is 7.10. The number of hydrogen-bond donors (Lipinski definition) is 2. The van der Waals surface area contributed by atoms with Crippen molar-refractivity contribution < 1.29 is 24.6 Å². The van der Waals surface area contributed by atoms with Crippen LogP contribution in [0.2, 0.25) is 5.15 Å². The smallest absolute Gasteiger partial charge is 0.355 e. The number of carbonyl (C=O) groups is 3. The number of aromatic nitrogens is 1. The van der Waals surface area contributed by atoms with Crippen LogP contribution in [0, 0.1) is 0 Å². The summed E-state index contributed by atoms with van der Waals surface area (Å²) in [7, 11) is 0. The number of pyridine rings is 1. The van der Waals surface area contributed by atoms with Crippen molar-refractivity contribution in [2.24, 2.45) is 0 Å². The highest BCUT2D eigenvalue weighted by Gasteiger charge is 2.20. The number of carboxylic acids is 2. The van der Waals surface area contributed by atoms with Crippen molar-refractivity contribution in [1.29, 1.82) is 0 Å². The normalized spacial score (nSPS) is 9.67. The fourth-order valence-corrected chi connectivity index (χ4v) is 1.10. The van der Waals surface area contributed by atoms with E-state index in [0.717, 1.165) is 6.07 Å². The first-order valence-corrected chi connectivity index (χ1v) is 3.97. The third-order valence-corrected chi connectivity index (χ3v) is 1.87. The van der Waals surface area contributed by atoms with Crippen molar-refractivity contribution in [3.63, 3.8) is 0 Å². The van der Waals surface area contributed by atoms with E-state index in [1.165, 1.54) is 0 Å². The van der Waals surface area contributed by atoms with Gasteiger partial charge < -0.3 is 10.2 Å². The first-order chi connectivity index (χ1) is 6.97. The topological polar surface area (TPSA) is 105 Å². The van der Waals surface area contributed by atoms with Crippen LogP contribution in [0.5, 0.6) is 0 Å². The molecule has 7 heteroatoms. The summed E-state index contributed by atoms with van der Waals surface area (Å²) >= 11 is 5.45. The Kier molecular flexibility index (Phi) is 3.01. The fourth-order valence-electron chi connectivity index (χ4n) is 0.915. The molecule has 1 heterocycles. The molecule has 0 fully saturated rings. The lowest BCUT2D eigenvalue weighted by Crippen LogP contribution is -2.12. The molecule has 0 bridgehead atoms. The Labute approximate surface area is 88.1 Å². The van der Waals surface area contributed by atoms with Gasteiger partial charge >= 0.3 is 11.9 Å². The number of rotatable bonds is 3. The highest BCUT2D eigenvalue weighted by Crippen LogP contribution is 2.16. The van der Waals surface area contributed by atoms with Gasteiger partial charge in [0.15, 0.2) is 12.0 Å². The Hall–Kier alpha value is -1.95. The number of carbonyl (C=O) groups excluding carboxylic acids is 1. The lowest BCUT2D eigenvalue weighted by molar-refractivity contribution is 0.0646. The van der Waals surface area contributed by atoms with Crippen LogP contribution in [0.1, 0.15) is 31.2 Å². The molecule has 0 saturated heterocycles. The van der Waals surface area contributed by atoms with E-state index in [1.807, 2.05) is 0 Å². The summed E-state index contributed by atoms with van der Waals surface area (Å²) in [6, 6.07) is 0.869. The number of hydrogen-bond acceptors (Lipinski definition) is 4. The average molecular weight is 230 g/mol. The summed E-state index contributed by atoms with van der Waals surface area (Å²) in [4.78, 5) is 35.0. The number of aldehydes is 1. The van der Waals surface area contributed by atoms with Crippen LogP contribution in [0.4, 0.5) is 0 Å². The third-order valence-electron chi connectivity index (χ3n) is 1.56. The second kappa shape index (κ2) is 4.05. The minimum absolute atomic E-state index is 0.168. The van der Waals surface area contributed by atoms with Crippen LogP contribution in [0.15, 0.2) is 6.07 Å². The first kappa shape index (κ1) is 11.1. The Morgan fingerprint density at radius 1 is 1.33 bits per heavy atom. The molecular weight excluding hydrogens is 226 g/mol. The number of aromatic carboxylic acids is 2. The minimum atomic E-state index is -1.52. The Morgan fingerprint density at radius 2 is 1.93 bits per heavy atom. The molecule has 0 radical (unpaired) electrons. The number of nitrogens with zero attached hydrogens (tertiary/aromatic N) is 1. The molecule has 0 aliphatic carbocycles. The van der Waals surface area contributed by atoms with Crippen LogP contribution in [-0.2, 0) is 0 Å². The summed E-state index contributed by atoms with van der Waals surface area (Å²) in [5.74, 6) is -3.01. The van der Waals surface area contributed by atoms with Crippen LogP contribution < -0.4 is 0 Å². The van der Waals surface area contributed by atoms with Gasteiger partial charge in [-0.15, -0.1) is 0 Å². The Bertz CT molecular complexity index is 457. The Morgan fingerprint density at radius 3 is 2.33 bits per heavy atom. The molecule has 0 unspecified atom stereocenters. The Balaban J connectivity index is 3.52. The highest BCUT2D eigenvalue weighted by atomic mass is 35.5. The lowest BCUT2D eigenvalue weighted by Gasteiger charge is -2.02. The molecule has 2 N–H and O–H groups in total. The van der Waals surface area contributed by atoms with Crippen molar-refractivity contribution in [1.82, 2.24) is 4.98 Å². The molecule has 0 atom stereocenters. The van der Waals surface area contributed by atoms with Crippen molar-refractivity contribution in [2.75, 3.05) is 0 Å². The predicted molar refractivity (Wildman–Crippen MR) is 48.6 cm³/mol. The molecule has 0 spiro atoms. The second-order valence-electron chi connectivity index (χ2n) is 2.49. The summed E-state index contributed by atoms with van der Waals surface area (Å²) in [5.41, 5.74) is -1.44. The monoisotopic (exact) mass is 229 g/mol. The van der Waals surface area contributed by atoms with Gasteiger partial charge in [-0.1, -0.05) is 11.6 Å². The van der Waals surface area contributed by atoms with E-state index in [9.17, 15) is 14.4 Å². The maximum absolute atomic E-state index is 10.6. The molecule has 6 nitrogen and oxygen atoms in total. The van der Waals surface area contributed by atoms with Gasteiger partial charge in [0.1, 0.15) is 5.15 Å². The molecular formula is C8H4ClNO5. The second-order valence-corrected chi connectivity index (χ2v) is 2.85. The molecule has 0 aliphatic rings. The molecule has 1 rings (SSSR count). The van der Waals surface area contributed by atoms with Gasteiger partial charge in [0, 0.05) is 0 Å². The van der Waals surface area contributed by atoms with E-state index in [2.05, 4.69) is 4.98 Å². The van der Waals surface area contributed by atoms with Gasteiger partial charge in [0.2, 0.25) is 0 Å². The molecule has 15 heavy (non-hydrogen) atoms. The molecule has 0 aromatic carbocycles. The SMILES string of the molecule is O=Cc1cc(C(=O)O)c(C(=O)O)nc1Cl. The largest absolute Gasteiger partial charge is 0.478 e. The maximum Gasteiger partial charge on any atom is 0.355 e. The van der Waals surface area contributed by atoms with Crippen LogP contribution in [0.25, 0.3) is 0 Å². The van der Waals surface area contributed by atoms with E-state index in [4.69, 9.17) is 21.8 Å². The maximum atomic E-state index is 10.6. The van der Waals surface area contributed by atoms with E-state index in [1.54, 1.807) is 0 Å². The van der Waals surface area contributed by atoms with Gasteiger partial charge in [-0.3, -0.25) is 4.79 Å². The number of halogens is 1. The fraction of sp³-hybridized carbons (Fsp3) is 0. The van der Waals surface area contributed by atoms with Gasteiger partial charge in [0.05, 0.1) is 11.1 Å². The zero-order chi connectivity index (χ0) is 11.6. The van der Waals surface area contributed by atoms with Gasteiger partial charge in [0.25, 0.3) is 0 Å². The van der Waals surface area contributed by atoms with Crippen molar-refractivity contribution >= 4 is 29.8 Å². The van der Waals surface area contributed by atoms with E-state index in [0.29, 0.717) is 6.29 Å². The predicted octanol–water partition coefficient (Wildman–Crippen LogP) is 0.944. The van der Waals surface area contributed by atoms with Gasteiger partial charge in [-0.25, -0.2) is 14.6 Å². The molecule has 0 amide bonds. The minimum Gasteiger partial charge on any atom is -0.478 e. The molecule has 0 aliphatic heterocycles. The van der Waals surface area contributed by atoms with Crippen molar-refractivity contribution in [3.05, 3.63) is 28.0 Å². The summed E-state index contributed by atoms with van der Waals surface area (Å²) < 4.78 is 0. The van der Waals surface area contributed by atoms with Gasteiger partial charge in [-0.2, -0.15) is 0 Å². The van der Waals surface area contributed by atoms with Crippen molar-refractivity contribution in [3.8, 4) is 0 Å². The standard InChI is InChI=1S/C8H4ClNO5/c9-6-3(2-11)1-4(7(12)13)5(10-6)8(14)15/h1-2H,(H,12,13)(H,14,15). The molecule has 0 saturated carbocycles. The van der Waals surface area contributed by atoms with Crippen LogP contribution in [-0.4, -0.2) is 33.4 Å². The van der Waals surface area contributed by atoms with Crippen molar-refractivity contribution in [2.45, 2.75) is 0 Å². The first-order valence-electron chi connectivity index (χ1n) is 3.59. The van der Waals surface area contributed by atoms with Crippen LogP contribution in [0.3, 0.4) is 0 Å².